The molecule has 2 rings (SSSR count). The molecule has 1 N–H and O–H groups in total. The topological polar surface area (TPSA) is 34.2 Å². The smallest absolute Gasteiger partial charge is 0.217 e. The van der Waals surface area contributed by atoms with Crippen LogP contribution in [0.5, 0.6) is 5.88 Å². The Hall–Kier alpha value is -1.09. The standard InChI is InChI=1S/C14H22N2O/c1-2-8-15-11-13-4-3-9-16-14(13)17-10-7-12-5-6-12/h3-4,9,12,15H,2,5-8,10-11H2,1H3. The van der Waals surface area contributed by atoms with Gasteiger partial charge in [0.15, 0.2) is 0 Å². The lowest BCUT2D eigenvalue weighted by atomic mass is 10.2. The highest BCUT2D eigenvalue weighted by Crippen LogP contribution is 2.32. The summed E-state index contributed by atoms with van der Waals surface area (Å²) in [6, 6.07) is 4.05. The van der Waals surface area contributed by atoms with Crippen molar-refractivity contribution in [3.05, 3.63) is 23.9 Å². The van der Waals surface area contributed by atoms with Gasteiger partial charge in [0.25, 0.3) is 0 Å². The monoisotopic (exact) mass is 234 g/mol. The van der Waals surface area contributed by atoms with E-state index in [4.69, 9.17) is 4.74 Å². The summed E-state index contributed by atoms with van der Waals surface area (Å²) in [5, 5.41) is 3.38. The second kappa shape index (κ2) is 6.60. The fourth-order valence-corrected chi connectivity index (χ4v) is 1.82. The van der Waals surface area contributed by atoms with Gasteiger partial charge in [-0.3, -0.25) is 0 Å². The highest BCUT2D eigenvalue weighted by molar-refractivity contribution is 5.25. The van der Waals surface area contributed by atoms with Crippen LogP contribution in [0.2, 0.25) is 0 Å². The zero-order valence-corrected chi connectivity index (χ0v) is 10.6. The molecule has 0 atom stereocenters. The van der Waals surface area contributed by atoms with E-state index in [-0.39, 0.29) is 0 Å². The van der Waals surface area contributed by atoms with E-state index in [2.05, 4.69) is 23.3 Å². The Labute approximate surface area is 104 Å². The van der Waals surface area contributed by atoms with Crippen LogP contribution in [0, 0.1) is 5.92 Å². The van der Waals surface area contributed by atoms with E-state index in [1.54, 1.807) is 6.20 Å². The van der Waals surface area contributed by atoms with Crippen LogP contribution in [-0.2, 0) is 6.54 Å². The third-order valence-corrected chi connectivity index (χ3v) is 3.05. The van der Waals surface area contributed by atoms with Gasteiger partial charge >= 0.3 is 0 Å². The molecule has 1 aromatic rings. The van der Waals surface area contributed by atoms with Gasteiger partial charge in [-0.15, -0.1) is 0 Å². The number of aromatic nitrogens is 1. The van der Waals surface area contributed by atoms with Crippen molar-refractivity contribution in [2.75, 3.05) is 13.2 Å². The second-order valence-electron chi connectivity index (χ2n) is 4.72. The third-order valence-electron chi connectivity index (χ3n) is 3.05. The highest BCUT2D eigenvalue weighted by Gasteiger charge is 2.20. The van der Waals surface area contributed by atoms with E-state index in [0.717, 1.165) is 43.5 Å². The van der Waals surface area contributed by atoms with Gasteiger partial charge in [0.1, 0.15) is 0 Å². The number of pyridine rings is 1. The summed E-state index contributed by atoms with van der Waals surface area (Å²) in [6.07, 6.45) is 6.90. The van der Waals surface area contributed by atoms with Gasteiger partial charge in [-0.05, 0) is 31.4 Å². The maximum atomic E-state index is 5.77. The Morgan fingerprint density at radius 2 is 2.35 bits per heavy atom. The van der Waals surface area contributed by atoms with Crippen LogP contribution in [0.15, 0.2) is 18.3 Å². The van der Waals surface area contributed by atoms with Gasteiger partial charge < -0.3 is 10.1 Å². The number of nitrogens with zero attached hydrogens (tertiary/aromatic N) is 1. The predicted molar refractivity (Wildman–Crippen MR) is 69.1 cm³/mol. The molecule has 94 valence electrons. The largest absolute Gasteiger partial charge is 0.477 e. The van der Waals surface area contributed by atoms with Gasteiger partial charge in [0.05, 0.1) is 6.61 Å². The molecule has 0 amide bonds. The Balaban J connectivity index is 1.80. The maximum absolute atomic E-state index is 5.77. The highest BCUT2D eigenvalue weighted by atomic mass is 16.5. The molecule has 1 fully saturated rings. The normalized spacial score (nSPS) is 14.9. The van der Waals surface area contributed by atoms with Crippen LogP contribution in [0.3, 0.4) is 0 Å². The van der Waals surface area contributed by atoms with Crippen LogP contribution in [0.1, 0.15) is 38.2 Å². The lowest BCUT2D eigenvalue weighted by Gasteiger charge is -2.10. The number of ether oxygens (including phenoxy) is 1. The first-order chi connectivity index (χ1) is 8.40. The first kappa shape index (κ1) is 12.4. The van der Waals surface area contributed by atoms with E-state index in [1.165, 1.54) is 19.3 Å². The summed E-state index contributed by atoms with van der Waals surface area (Å²) in [6.45, 7) is 4.86. The Bertz CT molecular complexity index is 337. The van der Waals surface area contributed by atoms with Gasteiger partial charge in [-0.1, -0.05) is 25.8 Å². The molecule has 1 aliphatic rings. The van der Waals surface area contributed by atoms with E-state index >= 15 is 0 Å². The average Bonchev–Trinajstić information content (AvgIpc) is 3.15. The molecule has 1 aromatic heterocycles. The third kappa shape index (κ3) is 4.35. The molecule has 3 heteroatoms. The predicted octanol–water partition coefficient (Wildman–Crippen LogP) is 2.76. The number of rotatable bonds is 8. The Morgan fingerprint density at radius 3 is 3.12 bits per heavy atom. The summed E-state index contributed by atoms with van der Waals surface area (Å²) in [5.41, 5.74) is 1.16. The molecule has 0 spiro atoms. The maximum Gasteiger partial charge on any atom is 0.217 e. The molecule has 0 unspecified atom stereocenters. The first-order valence-corrected chi connectivity index (χ1v) is 6.67. The zero-order chi connectivity index (χ0) is 11.9. The van der Waals surface area contributed by atoms with Crippen LogP contribution in [-0.4, -0.2) is 18.1 Å². The van der Waals surface area contributed by atoms with Crippen LogP contribution in [0.4, 0.5) is 0 Å². The molecular weight excluding hydrogens is 212 g/mol. The van der Waals surface area contributed by atoms with Crippen LogP contribution >= 0.6 is 0 Å². The number of hydrogen-bond donors (Lipinski definition) is 1. The fraction of sp³-hybridized carbons (Fsp3) is 0.643. The van der Waals surface area contributed by atoms with Crippen LogP contribution < -0.4 is 10.1 Å². The molecule has 3 nitrogen and oxygen atoms in total. The first-order valence-electron chi connectivity index (χ1n) is 6.67. The lowest BCUT2D eigenvalue weighted by molar-refractivity contribution is 0.287. The molecule has 17 heavy (non-hydrogen) atoms. The van der Waals surface area contributed by atoms with Crippen molar-refractivity contribution in [2.24, 2.45) is 5.92 Å². The summed E-state index contributed by atoms with van der Waals surface area (Å²) < 4.78 is 5.77. The molecule has 1 aliphatic carbocycles. The van der Waals surface area contributed by atoms with Crippen LogP contribution in [0.25, 0.3) is 0 Å². The lowest BCUT2D eigenvalue weighted by Crippen LogP contribution is -2.15. The SMILES string of the molecule is CCCNCc1cccnc1OCCC1CC1. The molecule has 0 bridgehead atoms. The summed E-state index contributed by atoms with van der Waals surface area (Å²) in [4.78, 5) is 4.31. The molecule has 0 aliphatic heterocycles. The zero-order valence-electron chi connectivity index (χ0n) is 10.6. The van der Waals surface area contributed by atoms with Gasteiger partial charge in [0, 0.05) is 18.3 Å². The van der Waals surface area contributed by atoms with Crippen molar-refractivity contribution in [1.82, 2.24) is 10.3 Å². The number of nitrogens with one attached hydrogen (secondary N) is 1. The Kier molecular flexibility index (Phi) is 4.80. The van der Waals surface area contributed by atoms with Crippen molar-refractivity contribution in [3.63, 3.8) is 0 Å². The summed E-state index contributed by atoms with van der Waals surface area (Å²) in [5.74, 6) is 1.72. The fourth-order valence-electron chi connectivity index (χ4n) is 1.82. The van der Waals surface area contributed by atoms with Gasteiger partial charge in [0.2, 0.25) is 5.88 Å². The van der Waals surface area contributed by atoms with E-state index in [9.17, 15) is 0 Å². The van der Waals surface area contributed by atoms with Crippen molar-refractivity contribution < 1.29 is 4.74 Å². The molecule has 0 radical (unpaired) electrons. The molecule has 1 saturated carbocycles. The van der Waals surface area contributed by atoms with Crippen molar-refractivity contribution in [1.29, 1.82) is 0 Å². The quantitative estimate of drug-likeness (QED) is 0.702. The minimum Gasteiger partial charge on any atom is -0.477 e. The molecule has 0 saturated heterocycles. The number of hydrogen-bond acceptors (Lipinski definition) is 3. The van der Waals surface area contributed by atoms with Crippen molar-refractivity contribution in [3.8, 4) is 5.88 Å². The average molecular weight is 234 g/mol. The molecular formula is C14H22N2O. The summed E-state index contributed by atoms with van der Waals surface area (Å²) >= 11 is 0. The molecule has 1 heterocycles. The van der Waals surface area contributed by atoms with E-state index in [0.29, 0.717) is 0 Å². The second-order valence-corrected chi connectivity index (χ2v) is 4.72. The van der Waals surface area contributed by atoms with Gasteiger partial charge in [-0.2, -0.15) is 0 Å². The van der Waals surface area contributed by atoms with Gasteiger partial charge in [-0.25, -0.2) is 4.98 Å². The van der Waals surface area contributed by atoms with E-state index < -0.39 is 0 Å². The van der Waals surface area contributed by atoms with Crippen molar-refractivity contribution in [2.45, 2.75) is 39.2 Å². The summed E-state index contributed by atoms with van der Waals surface area (Å²) in [7, 11) is 0. The minimum absolute atomic E-state index is 0.803. The van der Waals surface area contributed by atoms with E-state index in [1.807, 2.05) is 6.07 Å². The molecule has 0 aromatic carbocycles. The van der Waals surface area contributed by atoms with Crippen molar-refractivity contribution >= 4 is 0 Å². The minimum atomic E-state index is 0.803. The Morgan fingerprint density at radius 1 is 1.47 bits per heavy atom.